The van der Waals surface area contributed by atoms with Crippen LogP contribution in [-0.4, -0.2) is 23.9 Å². The van der Waals surface area contributed by atoms with Gasteiger partial charge in [-0.25, -0.2) is 0 Å². The van der Waals surface area contributed by atoms with Gasteiger partial charge in [0.15, 0.2) is 0 Å². The van der Waals surface area contributed by atoms with Gasteiger partial charge >= 0.3 is 0 Å². The molecule has 4 N–H and O–H groups in total. The van der Waals surface area contributed by atoms with Crippen molar-refractivity contribution < 1.29 is 9.59 Å². The first-order valence-electron chi connectivity index (χ1n) is 9.49. The predicted octanol–water partition coefficient (Wildman–Crippen LogP) is 4.12. The topological polar surface area (TPSA) is 84.2 Å². The van der Waals surface area contributed by atoms with Gasteiger partial charge in [0.1, 0.15) is 5.00 Å². The van der Waals surface area contributed by atoms with Crippen LogP contribution in [0.4, 0.5) is 5.00 Å². The number of nitrogens with one attached hydrogen (secondary N) is 2. The number of anilines is 1. The maximum absolute atomic E-state index is 12.6. The third-order valence-electron chi connectivity index (χ3n) is 5.08. The molecule has 0 bridgehead atoms. The highest BCUT2D eigenvalue weighted by molar-refractivity contribution is 7.14. The minimum atomic E-state index is -0.203. The Labute approximate surface area is 164 Å². The summed E-state index contributed by atoms with van der Waals surface area (Å²) < 4.78 is 0. The van der Waals surface area contributed by atoms with Crippen molar-refractivity contribution >= 4 is 28.2 Å². The molecular formula is C21H27N3O2S. The Kier molecular flexibility index (Phi) is 6.29. The summed E-state index contributed by atoms with van der Waals surface area (Å²) >= 11 is 1.36. The van der Waals surface area contributed by atoms with E-state index in [-0.39, 0.29) is 23.9 Å². The van der Waals surface area contributed by atoms with Crippen molar-refractivity contribution in [2.24, 2.45) is 5.73 Å². The highest BCUT2D eigenvalue weighted by atomic mass is 32.1. The van der Waals surface area contributed by atoms with Crippen LogP contribution in [0.3, 0.4) is 0 Å². The molecule has 0 radical (unpaired) electrons. The van der Waals surface area contributed by atoms with Gasteiger partial charge in [0, 0.05) is 17.6 Å². The number of nitrogens with two attached hydrogens (primary N) is 1. The van der Waals surface area contributed by atoms with E-state index in [1.54, 1.807) is 6.07 Å². The van der Waals surface area contributed by atoms with Gasteiger partial charge in [-0.15, -0.1) is 11.3 Å². The fourth-order valence-electron chi connectivity index (χ4n) is 3.31. The fourth-order valence-corrected chi connectivity index (χ4v) is 4.09. The molecule has 1 aromatic carbocycles. The van der Waals surface area contributed by atoms with Gasteiger partial charge in [0.25, 0.3) is 11.8 Å². The lowest BCUT2D eigenvalue weighted by molar-refractivity contribution is 0.0927. The third kappa shape index (κ3) is 4.96. The Morgan fingerprint density at radius 1 is 1.04 bits per heavy atom. The molecule has 0 aliphatic heterocycles. The van der Waals surface area contributed by atoms with E-state index in [0.717, 1.165) is 25.7 Å². The van der Waals surface area contributed by atoms with Crippen molar-refractivity contribution in [1.82, 2.24) is 5.32 Å². The Morgan fingerprint density at radius 3 is 2.33 bits per heavy atom. The van der Waals surface area contributed by atoms with Crippen LogP contribution in [0.25, 0.3) is 0 Å². The first-order chi connectivity index (χ1) is 12.9. The molecule has 1 aliphatic rings. The fraction of sp³-hybridized carbons (Fsp3) is 0.429. The van der Waals surface area contributed by atoms with E-state index in [9.17, 15) is 9.59 Å². The van der Waals surface area contributed by atoms with Crippen molar-refractivity contribution in [3.8, 4) is 0 Å². The molecule has 144 valence electrons. The van der Waals surface area contributed by atoms with E-state index in [4.69, 9.17) is 5.73 Å². The van der Waals surface area contributed by atoms with Gasteiger partial charge in [-0.1, -0.05) is 26.0 Å². The van der Waals surface area contributed by atoms with Gasteiger partial charge in [0.05, 0.1) is 5.56 Å². The maximum atomic E-state index is 12.6. The van der Waals surface area contributed by atoms with Crippen LogP contribution in [0, 0.1) is 0 Å². The molecule has 0 atom stereocenters. The standard InChI is InChI=1S/C21H27N3O2S/c1-13(2)14-3-5-15(6-4-14)19(25)24-21-18(11-12-27-21)20(26)23-17-9-7-16(22)8-10-17/h3-6,11-13,16-17H,7-10,22H2,1-2H3,(H,23,26)(H,24,25). The van der Waals surface area contributed by atoms with Crippen LogP contribution in [0.5, 0.6) is 0 Å². The SMILES string of the molecule is CC(C)c1ccc(C(=O)Nc2sccc2C(=O)NC2CCC(N)CC2)cc1. The predicted molar refractivity (Wildman–Crippen MR) is 111 cm³/mol. The lowest BCUT2D eigenvalue weighted by atomic mass is 9.92. The first kappa shape index (κ1) is 19.6. The second kappa shape index (κ2) is 8.67. The molecule has 1 aromatic heterocycles. The van der Waals surface area contributed by atoms with Crippen LogP contribution in [0.2, 0.25) is 0 Å². The third-order valence-corrected chi connectivity index (χ3v) is 5.91. The molecule has 1 aliphatic carbocycles. The second-order valence-electron chi connectivity index (χ2n) is 7.48. The van der Waals surface area contributed by atoms with Crippen molar-refractivity contribution in [3.05, 3.63) is 52.4 Å². The summed E-state index contributed by atoms with van der Waals surface area (Å²) in [6.07, 6.45) is 3.68. The number of amides is 2. The van der Waals surface area contributed by atoms with E-state index < -0.39 is 0 Å². The van der Waals surface area contributed by atoms with Crippen molar-refractivity contribution in [1.29, 1.82) is 0 Å². The summed E-state index contributed by atoms with van der Waals surface area (Å²) in [5, 5.41) is 8.36. The number of hydrogen-bond acceptors (Lipinski definition) is 4. The summed E-state index contributed by atoms with van der Waals surface area (Å²) in [5.74, 6) is 0.0802. The normalized spacial score (nSPS) is 19.7. The van der Waals surface area contributed by atoms with Gasteiger partial charge in [-0.05, 0) is 60.7 Å². The number of hydrogen-bond donors (Lipinski definition) is 3. The number of carbonyl (C=O) groups is 2. The largest absolute Gasteiger partial charge is 0.349 e. The van der Waals surface area contributed by atoms with Crippen molar-refractivity contribution in [3.63, 3.8) is 0 Å². The average Bonchev–Trinajstić information content (AvgIpc) is 3.12. The second-order valence-corrected chi connectivity index (χ2v) is 8.40. The van der Waals surface area contributed by atoms with E-state index in [1.165, 1.54) is 16.9 Å². The van der Waals surface area contributed by atoms with Gasteiger partial charge in [-0.3, -0.25) is 9.59 Å². The Morgan fingerprint density at radius 2 is 1.70 bits per heavy atom. The average molecular weight is 386 g/mol. The molecule has 2 amide bonds. The maximum Gasteiger partial charge on any atom is 0.256 e. The Bertz CT molecular complexity index is 790. The van der Waals surface area contributed by atoms with Crippen molar-refractivity contribution in [2.45, 2.75) is 57.5 Å². The van der Waals surface area contributed by atoms with E-state index in [0.29, 0.717) is 22.0 Å². The summed E-state index contributed by atoms with van der Waals surface area (Å²) in [4.78, 5) is 25.2. The summed E-state index contributed by atoms with van der Waals surface area (Å²) in [6.45, 7) is 4.23. The number of carbonyl (C=O) groups excluding carboxylic acids is 2. The highest BCUT2D eigenvalue weighted by Crippen LogP contribution is 2.25. The molecule has 27 heavy (non-hydrogen) atoms. The van der Waals surface area contributed by atoms with Gasteiger partial charge in [0.2, 0.25) is 0 Å². The lowest BCUT2D eigenvalue weighted by Gasteiger charge is -2.26. The molecule has 2 aromatic rings. The van der Waals surface area contributed by atoms with E-state index in [1.807, 2.05) is 29.6 Å². The lowest BCUT2D eigenvalue weighted by Crippen LogP contribution is -2.40. The zero-order chi connectivity index (χ0) is 19.4. The highest BCUT2D eigenvalue weighted by Gasteiger charge is 2.22. The molecular weight excluding hydrogens is 358 g/mol. The van der Waals surface area contributed by atoms with E-state index >= 15 is 0 Å². The number of rotatable bonds is 5. The van der Waals surface area contributed by atoms with Crippen LogP contribution >= 0.6 is 11.3 Å². The molecule has 3 rings (SSSR count). The minimum Gasteiger partial charge on any atom is -0.349 e. The molecule has 0 spiro atoms. The van der Waals surface area contributed by atoms with Gasteiger partial charge < -0.3 is 16.4 Å². The number of benzene rings is 1. The Hall–Kier alpha value is -2.18. The molecule has 1 saturated carbocycles. The van der Waals surface area contributed by atoms with Gasteiger partial charge in [-0.2, -0.15) is 0 Å². The zero-order valence-corrected chi connectivity index (χ0v) is 16.6. The smallest absolute Gasteiger partial charge is 0.256 e. The van der Waals surface area contributed by atoms with Crippen LogP contribution < -0.4 is 16.4 Å². The molecule has 1 heterocycles. The molecule has 1 fully saturated rings. The van der Waals surface area contributed by atoms with Crippen molar-refractivity contribution in [2.75, 3.05) is 5.32 Å². The summed E-state index contributed by atoms with van der Waals surface area (Å²) in [5.41, 5.74) is 8.21. The zero-order valence-electron chi connectivity index (χ0n) is 15.8. The van der Waals surface area contributed by atoms with Crippen LogP contribution in [-0.2, 0) is 0 Å². The molecule has 0 unspecified atom stereocenters. The summed E-state index contributed by atoms with van der Waals surface area (Å²) in [6, 6.07) is 9.74. The molecule has 0 saturated heterocycles. The quantitative estimate of drug-likeness (QED) is 0.724. The molecule has 6 heteroatoms. The molecule has 5 nitrogen and oxygen atoms in total. The monoisotopic (exact) mass is 385 g/mol. The van der Waals surface area contributed by atoms with E-state index in [2.05, 4.69) is 24.5 Å². The Balaban J connectivity index is 1.64. The van der Waals surface area contributed by atoms with Crippen LogP contribution in [0.15, 0.2) is 35.7 Å². The minimum absolute atomic E-state index is 0.137. The number of thiophene rings is 1. The van der Waals surface area contributed by atoms with Crippen LogP contribution in [0.1, 0.15) is 71.7 Å². The first-order valence-corrected chi connectivity index (χ1v) is 10.4. The summed E-state index contributed by atoms with van der Waals surface area (Å²) in [7, 11) is 0.